The van der Waals surface area contributed by atoms with Gasteiger partial charge in [-0.2, -0.15) is 12.6 Å². The molecule has 0 aliphatic heterocycles. The molecule has 0 aliphatic rings. The van der Waals surface area contributed by atoms with Crippen molar-refractivity contribution in [3.05, 3.63) is 0 Å². The lowest BCUT2D eigenvalue weighted by Crippen LogP contribution is -2.18. The number of carbonyl (C=O) groups excluding carboxylic acids is 1. The van der Waals surface area contributed by atoms with E-state index >= 15 is 0 Å². The molecular formula is C9H20O4S. The van der Waals surface area contributed by atoms with Crippen molar-refractivity contribution in [3.8, 4) is 0 Å². The van der Waals surface area contributed by atoms with Crippen molar-refractivity contribution < 1.29 is 19.7 Å². The van der Waals surface area contributed by atoms with Gasteiger partial charge in [-0.05, 0) is 5.41 Å². The van der Waals surface area contributed by atoms with Crippen LogP contribution in [0.5, 0.6) is 0 Å². The average Bonchev–Trinajstić information content (AvgIpc) is 2.13. The molecular weight excluding hydrogens is 204 g/mol. The Hall–Kier alpha value is -0.260. The molecule has 0 rings (SSSR count). The second-order valence-electron chi connectivity index (χ2n) is 3.83. The van der Waals surface area contributed by atoms with Crippen molar-refractivity contribution in [2.24, 2.45) is 5.41 Å². The van der Waals surface area contributed by atoms with Crippen LogP contribution >= 0.6 is 12.6 Å². The molecule has 0 aromatic heterocycles. The summed E-state index contributed by atoms with van der Waals surface area (Å²) in [5.74, 6) is -0.0888. The number of carbonyl (C=O) groups is 1. The minimum absolute atomic E-state index is 0.0542. The smallest absolute Gasteiger partial charge is 0.315 e. The van der Waals surface area contributed by atoms with Gasteiger partial charge in [0.05, 0.1) is 25.6 Å². The van der Waals surface area contributed by atoms with Crippen LogP contribution < -0.4 is 0 Å². The van der Waals surface area contributed by atoms with E-state index in [9.17, 15) is 4.79 Å². The zero-order valence-electron chi connectivity index (χ0n) is 8.99. The Morgan fingerprint density at radius 3 is 1.93 bits per heavy atom. The number of ether oxygens (including phenoxy) is 1. The number of thiol groups is 1. The van der Waals surface area contributed by atoms with Crippen LogP contribution in [0.4, 0.5) is 0 Å². The number of aliphatic hydroxyl groups is 2. The van der Waals surface area contributed by atoms with Crippen molar-refractivity contribution in [1.82, 2.24) is 0 Å². The van der Waals surface area contributed by atoms with Gasteiger partial charge in [-0.15, -0.1) is 0 Å². The van der Waals surface area contributed by atoms with Crippen LogP contribution in [0.15, 0.2) is 0 Å². The van der Waals surface area contributed by atoms with Crippen LogP contribution in [0.1, 0.15) is 20.8 Å². The summed E-state index contributed by atoms with van der Waals surface area (Å²) in [7, 11) is 0. The molecule has 2 N–H and O–H groups in total. The van der Waals surface area contributed by atoms with Crippen LogP contribution in [-0.2, 0) is 9.53 Å². The summed E-state index contributed by atoms with van der Waals surface area (Å²) in [5.41, 5.74) is 0.0542. The minimum Gasteiger partial charge on any atom is -0.465 e. The van der Waals surface area contributed by atoms with Crippen LogP contribution in [0.2, 0.25) is 0 Å². The third kappa shape index (κ3) is 17.7. The van der Waals surface area contributed by atoms with Crippen LogP contribution in [0.25, 0.3) is 0 Å². The molecule has 0 aromatic carbocycles. The Kier molecular flexibility index (Phi) is 10.7. The third-order valence-corrected chi connectivity index (χ3v) is 1.15. The van der Waals surface area contributed by atoms with Crippen molar-refractivity contribution in [1.29, 1.82) is 0 Å². The molecule has 0 fully saturated rings. The summed E-state index contributed by atoms with van der Waals surface area (Å²) in [6.07, 6.45) is 0. The first-order valence-corrected chi connectivity index (χ1v) is 4.99. The van der Waals surface area contributed by atoms with E-state index in [0.29, 0.717) is 6.61 Å². The summed E-state index contributed by atoms with van der Waals surface area (Å²) in [5, 5.41) is 15.2. The number of aliphatic hydroxyl groups excluding tert-OH is 2. The maximum absolute atomic E-state index is 10.6. The van der Waals surface area contributed by atoms with Crippen LogP contribution in [-0.4, -0.2) is 41.8 Å². The van der Waals surface area contributed by atoms with Crippen LogP contribution in [0, 0.1) is 5.41 Å². The Balaban J connectivity index is 0. The molecule has 0 saturated heterocycles. The van der Waals surface area contributed by atoms with E-state index in [4.69, 9.17) is 14.9 Å². The van der Waals surface area contributed by atoms with E-state index in [2.05, 4.69) is 12.6 Å². The lowest BCUT2D eigenvalue weighted by molar-refractivity contribution is -0.143. The molecule has 86 valence electrons. The fourth-order valence-corrected chi connectivity index (χ4v) is 0.434. The summed E-state index contributed by atoms with van der Waals surface area (Å²) < 4.78 is 4.84. The number of rotatable bonds is 3. The van der Waals surface area contributed by atoms with Gasteiger partial charge in [0.1, 0.15) is 0 Å². The second-order valence-corrected chi connectivity index (χ2v) is 4.14. The first kappa shape index (κ1) is 16.2. The van der Waals surface area contributed by atoms with E-state index in [0.717, 1.165) is 0 Å². The molecule has 0 heterocycles. The van der Waals surface area contributed by atoms with E-state index < -0.39 is 0 Å². The molecule has 14 heavy (non-hydrogen) atoms. The van der Waals surface area contributed by atoms with Crippen molar-refractivity contribution in [2.45, 2.75) is 20.8 Å². The summed E-state index contributed by atoms with van der Waals surface area (Å²) >= 11 is 3.77. The van der Waals surface area contributed by atoms with E-state index in [-0.39, 0.29) is 30.4 Å². The second kappa shape index (κ2) is 9.30. The lowest BCUT2D eigenvalue weighted by atomic mass is 9.99. The fourth-order valence-electron chi connectivity index (χ4n) is 0.343. The van der Waals surface area contributed by atoms with Gasteiger partial charge in [-0.25, -0.2) is 0 Å². The highest BCUT2D eigenvalue weighted by Crippen LogP contribution is 2.12. The number of esters is 1. The third-order valence-electron chi connectivity index (χ3n) is 0.895. The molecule has 0 atom stereocenters. The fraction of sp³-hybridized carbons (Fsp3) is 0.889. The van der Waals surface area contributed by atoms with E-state index in [1.54, 1.807) is 0 Å². The molecule has 0 aliphatic carbocycles. The summed E-state index contributed by atoms with van der Waals surface area (Å²) in [6.45, 7) is 6.25. The largest absolute Gasteiger partial charge is 0.465 e. The zero-order valence-corrected chi connectivity index (χ0v) is 9.88. The highest BCUT2D eigenvalue weighted by molar-refractivity contribution is 7.81. The quantitative estimate of drug-likeness (QED) is 0.482. The standard InChI is InChI=1S/C7H14O2S.C2H6O2/c1-7(2,3)5-9-6(8)4-10;3-1-2-4/h10H,4-5H2,1-3H3;3-4H,1-2H2. The number of hydrogen-bond acceptors (Lipinski definition) is 5. The maximum atomic E-state index is 10.6. The summed E-state index contributed by atoms with van der Waals surface area (Å²) in [6, 6.07) is 0. The topological polar surface area (TPSA) is 66.8 Å². The Bertz CT molecular complexity index is 140. The molecule has 0 saturated carbocycles. The van der Waals surface area contributed by atoms with Crippen molar-refractivity contribution in [2.75, 3.05) is 25.6 Å². The molecule has 0 radical (unpaired) electrons. The lowest BCUT2D eigenvalue weighted by Gasteiger charge is -2.17. The molecule has 0 amide bonds. The predicted octanol–water partition coefficient (Wildman–Crippen LogP) is 0.476. The zero-order chi connectivity index (χ0) is 11.6. The molecule has 0 bridgehead atoms. The Morgan fingerprint density at radius 2 is 1.71 bits per heavy atom. The normalized spacial score (nSPS) is 10.1. The first-order valence-electron chi connectivity index (χ1n) is 4.35. The molecule has 5 heteroatoms. The molecule has 4 nitrogen and oxygen atoms in total. The van der Waals surface area contributed by atoms with Gasteiger partial charge in [0.25, 0.3) is 0 Å². The Morgan fingerprint density at radius 1 is 1.29 bits per heavy atom. The van der Waals surface area contributed by atoms with Gasteiger partial charge >= 0.3 is 5.97 Å². The highest BCUT2D eigenvalue weighted by Gasteiger charge is 2.12. The van der Waals surface area contributed by atoms with Gasteiger partial charge in [-0.1, -0.05) is 20.8 Å². The highest BCUT2D eigenvalue weighted by atomic mass is 32.1. The van der Waals surface area contributed by atoms with Crippen molar-refractivity contribution >= 4 is 18.6 Å². The molecule has 0 unspecified atom stereocenters. The molecule has 0 aromatic rings. The monoisotopic (exact) mass is 224 g/mol. The van der Waals surface area contributed by atoms with Gasteiger partial charge in [0.15, 0.2) is 0 Å². The van der Waals surface area contributed by atoms with Gasteiger partial charge in [0, 0.05) is 0 Å². The van der Waals surface area contributed by atoms with E-state index in [1.807, 2.05) is 20.8 Å². The average molecular weight is 224 g/mol. The SMILES string of the molecule is CC(C)(C)COC(=O)CS.OCCO. The van der Waals surface area contributed by atoms with Gasteiger partial charge < -0.3 is 14.9 Å². The minimum atomic E-state index is -0.252. The maximum Gasteiger partial charge on any atom is 0.315 e. The number of hydrogen-bond donors (Lipinski definition) is 3. The Labute approximate surface area is 90.7 Å². The van der Waals surface area contributed by atoms with E-state index in [1.165, 1.54) is 0 Å². The van der Waals surface area contributed by atoms with Crippen LogP contribution in [0.3, 0.4) is 0 Å². The van der Waals surface area contributed by atoms with Gasteiger partial charge in [0.2, 0.25) is 0 Å². The van der Waals surface area contributed by atoms with Crippen molar-refractivity contribution in [3.63, 3.8) is 0 Å². The summed E-state index contributed by atoms with van der Waals surface area (Å²) in [4.78, 5) is 10.6. The first-order chi connectivity index (χ1) is 6.37. The molecule has 0 spiro atoms. The predicted molar refractivity (Wildman–Crippen MR) is 58.4 cm³/mol. The van der Waals surface area contributed by atoms with Gasteiger partial charge in [-0.3, -0.25) is 4.79 Å².